The Labute approximate surface area is 150 Å². The summed E-state index contributed by atoms with van der Waals surface area (Å²) in [4.78, 5) is 12.5. The smallest absolute Gasteiger partial charge is 0.221 e. The molecule has 2 aromatic carbocycles. The summed E-state index contributed by atoms with van der Waals surface area (Å²) >= 11 is 0. The maximum absolute atomic E-state index is 12.5. The zero-order valence-corrected chi connectivity index (χ0v) is 14.6. The average Bonchev–Trinajstić information content (AvgIpc) is 2.62. The molecule has 2 aromatic rings. The summed E-state index contributed by atoms with van der Waals surface area (Å²) < 4.78 is 0. The van der Waals surface area contributed by atoms with Gasteiger partial charge in [-0.3, -0.25) is 4.79 Å². The number of rotatable bonds is 5. The van der Waals surface area contributed by atoms with Crippen LogP contribution in [0.5, 0.6) is 0 Å². The number of piperidine rings is 1. The fraction of sp³-hybridized carbons (Fsp3) is 0.350. The van der Waals surface area contributed by atoms with Crippen molar-refractivity contribution in [3.63, 3.8) is 0 Å². The van der Waals surface area contributed by atoms with Crippen LogP contribution in [0.3, 0.4) is 0 Å². The molecule has 3 rings (SSSR count). The molecule has 1 atom stereocenters. The van der Waals surface area contributed by atoms with Crippen molar-refractivity contribution in [2.45, 2.75) is 31.2 Å². The Balaban J connectivity index is 0.00000208. The molecule has 0 spiro atoms. The van der Waals surface area contributed by atoms with Gasteiger partial charge in [0.1, 0.15) is 0 Å². The van der Waals surface area contributed by atoms with E-state index in [0.717, 1.165) is 25.9 Å². The molecule has 0 aromatic heterocycles. The summed E-state index contributed by atoms with van der Waals surface area (Å²) in [6, 6.07) is 20.9. The molecule has 1 aliphatic heterocycles. The third-order valence-electron chi connectivity index (χ3n) is 4.46. The maximum Gasteiger partial charge on any atom is 0.221 e. The Bertz CT molecular complexity index is 573. The molecule has 0 radical (unpaired) electrons. The van der Waals surface area contributed by atoms with E-state index in [9.17, 15) is 4.79 Å². The monoisotopic (exact) mass is 344 g/mol. The first-order valence-corrected chi connectivity index (χ1v) is 8.43. The van der Waals surface area contributed by atoms with Gasteiger partial charge in [-0.2, -0.15) is 0 Å². The Hall–Kier alpha value is -1.84. The number of nitrogens with one attached hydrogen (secondary N) is 2. The van der Waals surface area contributed by atoms with E-state index in [1.807, 2.05) is 36.4 Å². The summed E-state index contributed by atoms with van der Waals surface area (Å²) in [6.45, 7) is 1.94. The van der Waals surface area contributed by atoms with Crippen LogP contribution in [0.4, 0.5) is 0 Å². The number of hydrogen-bond acceptors (Lipinski definition) is 2. The first-order chi connectivity index (χ1) is 11.3. The summed E-state index contributed by atoms with van der Waals surface area (Å²) in [5.41, 5.74) is 2.38. The number of carbonyl (C=O) groups excluding carboxylic acids is 1. The van der Waals surface area contributed by atoms with E-state index in [1.165, 1.54) is 11.1 Å². The molecular weight excluding hydrogens is 320 g/mol. The van der Waals surface area contributed by atoms with Crippen LogP contribution < -0.4 is 10.6 Å². The largest absolute Gasteiger partial charge is 0.352 e. The number of amides is 1. The number of carbonyl (C=O) groups is 1. The third kappa shape index (κ3) is 5.08. The second-order valence-electron chi connectivity index (χ2n) is 6.19. The second-order valence-corrected chi connectivity index (χ2v) is 6.19. The van der Waals surface area contributed by atoms with E-state index in [2.05, 4.69) is 34.9 Å². The van der Waals surface area contributed by atoms with Crippen molar-refractivity contribution in [3.8, 4) is 0 Å². The Kier molecular flexibility index (Phi) is 7.29. The highest BCUT2D eigenvalue weighted by atomic mass is 35.5. The van der Waals surface area contributed by atoms with E-state index in [-0.39, 0.29) is 30.3 Å². The van der Waals surface area contributed by atoms with Crippen LogP contribution in [0, 0.1) is 0 Å². The molecule has 1 fully saturated rings. The van der Waals surface area contributed by atoms with E-state index in [4.69, 9.17) is 0 Å². The summed E-state index contributed by atoms with van der Waals surface area (Å²) in [5.74, 6) is 0.241. The van der Waals surface area contributed by atoms with Gasteiger partial charge in [0.2, 0.25) is 5.91 Å². The van der Waals surface area contributed by atoms with Crippen molar-refractivity contribution in [3.05, 3.63) is 71.8 Å². The van der Waals surface area contributed by atoms with Crippen LogP contribution >= 0.6 is 12.4 Å². The van der Waals surface area contributed by atoms with Gasteiger partial charge in [0.15, 0.2) is 0 Å². The minimum atomic E-state index is 0. The first kappa shape index (κ1) is 18.5. The summed E-state index contributed by atoms with van der Waals surface area (Å²) in [6.07, 6.45) is 2.69. The van der Waals surface area contributed by atoms with E-state index >= 15 is 0 Å². The first-order valence-electron chi connectivity index (χ1n) is 8.43. The molecule has 128 valence electrons. The molecule has 0 saturated carbocycles. The molecule has 1 heterocycles. The highest BCUT2D eigenvalue weighted by Crippen LogP contribution is 2.27. The van der Waals surface area contributed by atoms with Crippen molar-refractivity contribution in [1.82, 2.24) is 10.6 Å². The molecule has 4 heteroatoms. The number of hydrogen-bond donors (Lipinski definition) is 2. The van der Waals surface area contributed by atoms with Gasteiger partial charge in [0.25, 0.3) is 0 Å². The minimum Gasteiger partial charge on any atom is -0.352 e. The minimum absolute atomic E-state index is 0. The second kappa shape index (κ2) is 9.45. The quantitative estimate of drug-likeness (QED) is 0.871. The molecule has 24 heavy (non-hydrogen) atoms. The lowest BCUT2D eigenvalue weighted by atomic mass is 9.88. The lowest BCUT2D eigenvalue weighted by molar-refractivity contribution is -0.122. The zero-order chi connectivity index (χ0) is 15.9. The highest BCUT2D eigenvalue weighted by molar-refractivity contribution is 5.85. The van der Waals surface area contributed by atoms with Crippen molar-refractivity contribution in [2.75, 3.05) is 13.1 Å². The third-order valence-corrected chi connectivity index (χ3v) is 4.46. The molecule has 2 N–H and O–H groups in total. The topological polar surface area (TPSA) is 41.1 Å². The lowest BCUT2D eigenvalue weighted by Gasteiger charge is -2.25. The van der Waals surface area contributed by atoms with Crippen LogP contribution in [0.25, 0.3) is 0 Å². The zero-order valence-electron chi connectivity index (χ0n) is 13.8. The van der Waals surface area contributed by atoms with Crippen LogP contribution in [0.1, 0.15) is 36.3 Å². The fourth-order valence-electron chi connectivity index (χ4n) is 3.25. The van der Waals surface area contributed by atoms with Crippen LogP contribution in [0.15, 0.2) is 60.7 Å². The van der Waals surface area contributed by atoms with Gasteiger partial charge < -0.3 is 10.6 Å². The maximum atomic E-state index is 12.5. The van der Waals surface area contributed by atoms with Crippen molar-refractivity contribution < 1.29 is 4.79 Å². The van der Waals surface area contributed by atoms with Crippen LogP contribution in [-0.4, -0.2) is 25.0 Å². The standard InChI is InChI=1S/C20H24N2O.ClH/c23-20(22-18-12-7-13-21-15-18)14-19(16-8-3-1-4-9-16)17-10-5-2-6-11-17;/h1-6,8-11,18-19,21H,7,12-15H2,(H,22,23);1H/t18-;/m0./s1. The van der Waals surface area contributed by atoms with Crippen molar-refractivity contribution in [1.29, 1.82) is 0 Å². The fourth-order valence-corrected chi connectivity index (χ4v) is 3.25. The summed E-state index contributed by atoms with van der Waals surface area (Å²) in [5, 5.41) is 6.53. The van der Waals surface area contributed by atoms with Gasteiger partial charge in [0.05, 0.1) is 0 Å². The van der Waals surface area contributed by atoms with Gasteiger partial charge >= 0.3 is 0 Å². The molecule has 0 unspecified atom stereocenters. The Morgan fingerprint density at radius 2 is 1.62 bits per heavy atom. The number of benzene rings is 2. The molecule has 1 amide bonds. The van der Waals surface area contributed by atoms with E-state index in [0.29, 0.717) is 6.42 Å². The predicted octanol–water partition coefficient (Wildman–Crippen LogP) is 3.50. The predicted molar refractivity (Wildman–Crippen MR) is 101 cm³/mol. The van der Waals surface area contributed by atoms with Crippen molar-refractivity contribution in [2.24, 2.45) is 0 Å². The molecular formula is C20H25ClN2O. The van der Waals surface area contributed by atoms with Gasteiger partial charge in [0, 0.05) is 24.9 Å². The average molecular weight is 345 g/mol. The number of halogens is 1. The normalized spacial score (nSPS) is 17.1. The van der Waals surface area contributed by atoms with Crippen LogP contribution in [-0.2, 0) is 4.79 Å². The highest BCUT2D eigenvalue weighted by Gasteiger charge is 2.21. The SMILES string of the molecule is Cl.O=C(CC(c1ccccc1)c1ccccc1)N[C@H]1CCCNC1. The molecule has 1 saturated heterocycles. The van der Waals surface area contributed by atoms with Gasteiger partial charge in [-0.25, -0.2) is 0 Å². The van der Waals surface area contributed by atoms with Gasteiger partial charge in [-0.15, -0.1) is 12.4 Å². The Morgan fingerprint density at radius 1 is 1.04 bits per heavy atom. The molecule has 0 aliphatic carbocycles. The molecule has 0 bridgehead atoms. The summed E-state index contributed by atoms with van der Waals surface area (Å²) in [7, 11) is 0. The van der Waals surface area contributed by atoms with Crippen molar-refractivity contribution >= 4 is 18.3 Å². The molecule has 1 aliphatic rings. The van der Waals surface area contributed by atoms with Crippen LogP contribution in [0.2, 0.25) is 0 Å². The van der Waals surface area contributed by atoms with E-state index < -0.39 is 0 Å². The van der Waals surface area contributed by atoms with Gasteiger partial charge in [-0.1, -0.05) is 60.7 Å². The van der Waals surface area contributed by atoms with Gasteiger partial charge in [-0.05, 0) is 30.5 Å². The van der Waals surface area contributed by atoms with E-state index in [1.54, 1.807) is 0 Å². The Morgan fingerprint density at radius 3 is 2.12 bits per heavy atom. The lowest BCUT2D eigenvalue weighted by Crippen LogP contribution is -2.45. The molecule has 3 nitrogen and oxygen atoms in total.